The Bertz CT molecular complexity index is 286. The zero-order valence-corrected chi connectivity index (χ0v) is 8.20. The van der Waals surface area contributed by atoms with Crippen LogP contribution in [0.1, 0.15) is 0 Å². The van der Waals surface area contributed by atoms with Crippen molar-refractivity contribution < 1.29 is 32.7 Å². The average molecular weight is 206 g/mol. The fourth-order valence-corrected chi connectivity index (χ4v) is 0.811. The fourth-order valence-electron chi connectivity index (χ4n) is 0.811. The van der Waals surface area contributed by atoms with Gasteiger partial charge in [-0.3, -0.25) is 4.52 Å². The molecule has 0 atom stereocenters. The molecule has 0 saturated heterocycles. The van der Waals surface area contributed by atoms with E-state index in [2.05, 4.69) is 11.2 Å². The molecule has 0 bridgehead atoms. The Morgan fingerprint density at radius 2 is 2.30 bits per heavy atom. The molecule has 47 valence electrons. The molecule has 0 aromatic carbocycles. The van der Waals surface area contributed by atoms with Gasteiger partial charge >= 0.3 is 0 Å². The summed E-state index contributed by atoms with van der Waals surface area (Å²) in [7, 11) is 0. The summed E-state index contributed by atoms with van der Waals surface area (Å²) in [5.74, 6) is 0. The van der Waals surface area contributed by atoms with Crippen molar-refractivity contribution in [1.29, 1.82) is 0 Å². The molecule has 0 amide bonds. The second-order valence-corrected chi connectivity index (χ2v) is 1.83. The van der Waals surface area contributed by atoms with Gasteiger partial charge in [0.1, 0.15) is 0 Å². The van der Waals surface area contributed by atoms with Crippen LogP contribution >= 0.6 is 0 Å². The standard InChI is InChI=1S/C7H5N2.Y/c1-2-6-9-7(3-1)4-5-8-9;/h1,3-6H;/q-1;. The minimum Gasteiger partial charge on any atom is -0.278 e. The van der Waals surface area contributed by atoms with E-state index in [0.29, 0.717) is 0 Å². The molecule has 1 radical (unpaired) electrons. The van der Waals surface area contributed by atoms with Gasteiger partial charge in [0, 0.05) is 38.9 Å². The second-order valence-electron chi connectivity index (χ2n) is 1.83. The normalized spacial score (nSPS) is 9.20. The van der Waals surface area contributed by atoms with E-state index in [-0.39, 0.29) is 32.7 Å². The van der Waals surface area contributed by atoms with Crippen molar-refractivity contribution in [3.8, 4) is 0 Å². The van der Waals surface area contributed by atoms with Gasteiger partial charge in [-0.25, -0.2) is 12.1 Å². The van der Waals surface area contributed by atoms with Gasteiger partial charge in [-0.1, -0.05) is 6.20 Å². The summed E-state index contributed by atoms with van der Waals surface area (Å²) in [5.41, 5.74) is 1.11. The maximum atomic E-state index is 4.00. The zero-order valence-electron chi connectivity index (χ0n) is 5.36. The summed E-state index contributed by atoms with van der Waals surface area (Å²) in [6.45, 7) is 0. The van der Waals surface area contributed by atoms with Crippen LogP contribution in [0, 0.1) is 6.07 Å². The Labute approximate surface area is 84.1 Å². The third kappa shape index (κ3) is 1.28. The first-order valence-electron chi connectivity index (χ1n) is 2.76. The number of aromatic nitrogens is 2. The summed E-state index contributed by atoms with van der Waals surface area (Å²) in [4.78, 5) is 0. The summed E-state index contributed by atoms with van der Waals surface area (Å²) in [6, 6.07) is 8.71. The molecule has 2 heterocycles. The molecule has 0 unspecified atom stereocenters. The molecular weight excluding hydrogens is 201 g/mol. The van der Waals surface area contributed by atoms with Crippen LogP contribution < -0.4 is 0 Å². The molecule has 0 spiro atoms. The number of nitrogens with zero attached hydrogens (tertiary/aromatic N) is 2. The Morgan fingerprint density at radius 3 is 3.10 bits per heavy atom. The monoisotopic (exact) mass is 206 g/mol. The average Bonchev–Trinajstić information content (AvgIpc) is 2.33. The summed E-state index contributed by atoms with van der Waals surface area (Å²) < 4.78 is 1.78. The molecule has 0 fully saturated rings. The van der Waals surface area contributed by atoms with Crippen molar-refractivity contribution in [3.05, 3.63) is 36.7 Å². The van der Waals surface area contributed by atoms with Crippen LogP contribution in [-0.4, -0.2) is 9.61 Å². The maximum Gasteiger partial charge on any atom is 0.0483 e. The predicted molar refractivity (Wildman–Crippen MR) is 34.0 cm³/mol. The first kappa shape index (κ1) is 7.90. The number of pyridine rings is 1. The Hall–Kier alpha value is -0.206. The van der Waals surface area contributed by atoms with E-state index in [1.165, 1.54) is 0 Å². The Morgan fingerprint density at radius 1 is 1.40 bits per heavy atom. The minimum atomic E-state index is 0. The van der Waals surface area contributed by atoms with Gasteiger partial charge < -0.3 is 0 Å². The molecule has 10 heavy (non-hydrogen) atoms. The summed E-state index contributed by atoms with van der Waals surface area (Å²) >= 11 is 0. The molecule has 2 aromatic heterocycles. The second kappa shape index (κ2) is 3.26. The van der Waals surface area contributed by atoms with Gasteiger partial charge in [0.15, 0.2) is 0 Å². The zero-order chi connectivity index (χ0) is 6.10. The molecule has 2 rings (SSSR count). The van der Waals surface area contributed by atoms with E-state index in [9.17, 15) is 0 Å². The van der Waals surface area contributed by atoms with Crippen LogP contribution in [-0.2, 0) is 32.7 Å². The molecule has 0 aliphatic carbocycles. The van der Waals surface area contributed by atoms with Gasteiger partial charge in [0.2, 0.25) is 0 Å². The third-order valence-electron chi connectivity index (χ3n) is 1.25. The van der Waals surface area contributed by atoms with Crippen molar-refractivity contribution in [2.24, 2.45) is 0 Å². The molecule has 0 aliphatic heterocycles. The van der Waals surface area contributed by atoms with Gasteiger partial charge in [-0.2, -0.15) is 11.2 Å². The fraction of sp³-hybridized carbons (Fsp3) is 0. The van der Waals surface area contributed by atoms with Crippen molar-refractivity contribution in [3.63, 3.8) is 0 Å². The predicted octanol–water partition coefficient (Wildman–Crippen LogP) is 1.13. The van der Waals surface area contributed by atoms with Crippen molar-refractivity contribution in [2.45, 2.75) is 0 Å². The molecule has 0 N–H and O–H groups in total. The van der Waals surface area contributed by atoms with Crippen molar-refractivity contribution in [2.75, 3.05) is 0 Å². The first-order chi connectivity index (χ1) is 4.47. The van der Waals surface area contributed by atoms with E-state index in [1.807, 2.05) is 18.2 Å². The number of rotatable bonds is 0. The van der Waals surface area contributed by atoms with Gasteiger partial charge in [0.05, 0.1) is 0 Å². The smallest absolute Gasteiger partial charge is 0.0483 e. The van der Waals surface area contributed by atoms with Gasteiger partial charge in [-0.15, -0.1) is 0 Å². The van der Waals surface area contributed by atoms with Crippen LogP contribution in [0.4, 0.5) is 0 Å². The van der Waals surface area contributed by atoms with Crippen LogP contribution in [0.25, 0.3) is 5.52 Å². The third-order valence-corrected chi connectivity index (χ3v) is 1.25. The van der Waals surface area contributed by atoms with E-state index in [0.717, 1.165) is 5.52 Å². The topological polar surface area (TPSA) is 17.3 Å². The maximum absolute atomic E-state index is 4.00. The van der Waals surface area contributed by atoms with Gasteiger partial charge in [0.25, 0.3) is 0 Å². The van der Waals surface area contributed by atoms with E-state index >= 15 is 0 Å². The summed E-state index contributed by atoms with van der Waals surface area (Å²) in [5, 5.41) is 4.00. The van der Waals surface area contributed by atoms with E-state index < -0.39 is 0 Å². The van der Waals surface area contributed by atoms with Crippen LogP contribution in [0.3, 0.4) is 0 Å². The van der Waals surface area contributed by atoms with E-state index in [4.69, 9.17) is 0 Å². The van der Waals surface area contributed by atoms with Gasteiger partial charge in [-0.05, 0) is 11.6 Å². The van der Waals surface area contributed by atoms with E-state index in [1.54, 1.807) is 16.9 Å². The number of fused-ring (bicyclic) bond motifs is 1. The van der Waals surface area contributed by atoms with Crippen LogP contribution in [0.2, 0.25) is 0 Å². The summed E-state index contributed by atoms with van der Waals surface area (Å²) in [6.07, 6.45) is 3.57. The molecule has 3 heteroatoms. The Kier molecular flexibility index (Phi) is 2.58. The molecule has 0 aliphatic rings. The van der Waals surface area contributed by atoms with Crippen molar-refractivity contribution >= 4 is 5.52 Å². The molecule has 2 nitrogen and oxygen atoms in total. The Balaban J connectivity index is 0.000000500. The quantitative estimate of drug-likeness (QED) is 0.590. The first-order valence-corrected chi connectivity index (χ1v) is 2.76. The molecule has 2 aromatic rings. The van der Waals surface area contributed by atoms with Crippen molar-refractivity contribution in [1.82, 2.24) is 9.61 Å². The molecular formula is C7H5N2Y-. The number of hydrogen-bond donors (Lipinski definition) is 0. The van der Waals surface area contributed by atoms with Crippen LogP contribution in [0.5, 0.6) is 0 Å². The van der Waals surface area contributed by atoms with Crippen LogP contribution in [0.15, 0.2) is 30.6 Å². The largest absolute Gasteiger partial charge is 0.278 e. The molecule has 0 saturated carbocycles. The SMILES string of the molecule is [Y].[c-]1ccc2ccnn2c1. The number of hydrogen-bond acceptors (Lipinski definition) is 1. The minimum absolute atomic E-state index is 0.